The molecule has 0 atom stereocenters. The number of Topliss-reactive ketones (excluding diaryl/α,β-unsaturated/α-hetero) is 1. The van der Waals surface area contributed by atoms with E-state index in [1.54, 1.807) is 22.6 Å². The van der Waals surface area contributed by atoms with Crippen LogP contribution in [0.25, 0.3) is 0 Å². The monoisotopic (exact) mass is 330 g/mol. The van der Waals surface area contributed by atoms with Gasteiger partial charge in [0.15, 0.2) is 5.78 Å². The van der Waals surface area contributed by atoms with E-state index >= 15 is 0 Å². The fraction of sp³-hybridized carbons (Fsp3) is 0.222. The SMILES string of the molecule is CC(=O)c1cc(Cl)c(C(F)F)c(I)c1. The van der Waals surface area contributed by atoms with Gasteiger partial charge in [-0.2, -0.15) is 0 Å². The van der Waals surface area contributed by atoms with Crippen molar-refractivity contribution in [2.75, 3.05) is 0 Å². The van der Waals surface area contributed by atoms with E-state index in [0.29, 0.717) is 9.13 Å². The molecule has 0 aromatic heterocycles. The molecule has 0 N–H and O–H groups in total. The number of alkyl halides is 2. The minimum absolute atomic E-state index is 0.0582. The number of hydrogen-bond donors (Lipinski definition) is 0. The average Bonchev–Trinajstić information content (AvgIpc) is 2.01. The highest BCUT2D eigenvalue weighted by Crippen LogP contribution is 2.32. The van der Waals surface area contributed by atoms with Crippen LogP contribution in [0.15, 0.2) is 12.1 Å². The summed E-state index contributed by atoms with van der Waals surface area (Å²) in [6.07, 6.45) is -2.62. The summed E-state index contributed by atoms with van der Waals surface area (Å²) in [6, 6.07) is 2.68. The largest absolute Gasteiger partial charge is 0.295 e. The summed E-state index contributed by atoms with van der Waals surface area (Å²) in [5.41, 5.74) is 0.140. The third kappa shape index (κ3) is 2.42. The Labute approximate surface area is 98.6 Å². The molecule has 76 valence electrons. The summed E-state index contributed by atoms with van der Waals surface area (Å²) in [5, 5.41) is -0.0582. The Hall–Kier alpha value is -0.230. The van der Waals surface area contributed by atoms with Crippen molar-refractivity contribution in [3.8, 4) is 0 Å². The van der Waals surface area contributed by atoms with Gasteiger partial charge in [-0.1, -0.05) is 11.6 Å². The molecule has 0 amide bonds. The number of hydrogen-bond acceptors (Lipinski definition) is 1. The molecule has 0 fully saturated rings. The van der Waals surface area contributed by atoms with Gasteiger partial charge in [-0.15, -0.1) is 0 Å². The lowest BCUT2D eigenvalue weighted by Gasteiger charge is -2.07. The summed E-state index contributed by atoms with van der Waals surface area (Å²) >= 11 is 7.38. The molecule has 0 unspecified atom stereocenters. The molecule has 14 heavy (non-hydrogen) atoms. The summed E-state index contributed by atoms with van der Waals surface area (Å²) < 4.78 is 25.2. The van der Waals surface area contributed by atoms with Crippen LogP contribution in [-0.2, 0) is 0 Å². The van der Waals surface area contributed by atoms with E-state index in [2.05, 4.69) is 0 Å². The van der Waals surface area contributed by atoms with Gasteiger partial charge in [-0.05, 0) is 41.6 Å². The molecule has 0 saturated heterocycles. The van der Waals surface area contributed by atoms with E-state index < -0.39 is 6.43 Å². The lowest BCUT2D eigenvalue weighted by molar-refractivity contribution is 0.101. The number of benzene rings is 1. The molecule has 0 bridgehead atoms. The first-order valence-electron chi connectivity index (χ1n) is 3.71. The van der Waals surface area contributed by atoms with Crippen LogP contribution in [-0.4, -0.2) is 5.78 Å². The normalized spacial score (nSPS) is 10.7. The van der Waals surface area contributed by atoms with Crippen LogP contribution in [0.2, 0.25) is 5.02 Å². The Bertz CT molecular complexity index is 356. The third-order valence-corrected chi connectivity index (χ3v) is 2.91. The molecule has 0 aliphatic rings. The molecular formula is C9H6ClF2IO. The molecule has 0 aliphatic carbocycles. The zero-order valence-electron chi connectivity index (χ0n) is 7.15. The van der Waals surface area contributed by atoms with E-state index in [0.717, 1.165) is 0 Å². The zero-order chi connectivity index (χ0) is 10.9. The summed E-state index contributed by atoms with van der Waals surface area (Å²) in [6.45, 7) is 1.36. The van der Waals surface area contributed by atoms with E-state index in [1.165, 1.54) is 19.1 Å². The average molecular weight is 330 g/mol. The first-order chi connectivity index (χ1) is 6.43. The minimum Gasteiger partial charge on any atom is -0.295 e. The first-order valence-corrected chi connectivity index (χ1v) is 5.17. The van der Waals surface area contributed by atoms with Gasteiger partial charge in [0.2, 0.25) is 0 Å². The van der Waals surface area contributed by atoms with Crippen molar-refractivity contribution in [1.29, 1.82) is 0 Å². The standard InChI is InChI=1S/C9H6ClF2IO/c1-4(14)5-2-6(10)8(9(11)12)7(13)3-5/h2-3,9H,1H3. The van der Waals surface area contributed by atoms with Crippen molar-refractivity contribution in [1.82, 2.24) is 0 Å². The Balaban J connectivity index is 3.32. The number of carbonyl (C=O) groups excluding carboxylic acids is 1. The second-order valence-corrected chi connectivity index (χ2v) is 4.28. The van der Waals surface area contributed by atoms with Gasteiger partial charge in [0, 0.05) is 14.7 Å². The van der Waals surface area contributed by atoms with Gasteiger partial charge in [0.05, 0.1) is 5.02 Å². The van der Waals surface area contributed by atoms with Crippen molar-refractivity contribution in [2.45, 2.75) is 13.3 Å². The van der Waals surface area contributed by atoms with Crippen molar-refractivity contribution in [3.63, 3.8) is 0 Å². The number of ketones is 1. The van der Waals surface area contributed by atoms with Crippen LogP contribution in [0.4, 0.5) is 8.78 Å². The minimum atomic E-state index is -2.62. The summed E-state index contributed by atoms with van der Waals surface area (Å²) in [4.78, 5) is 11.0. The molecule has 1 aromatic rings. The fourth-order valence-corrected chi connectivity index (χ4v) is 2.32. The van der Waals surface area contributed by atoms with Gasteiger partial charge < -0.3 is 0 Å². The second-order valence-electron chi connectivity index (χ2n) is 2.71. The summed E-state index contributed by atoms with van der Waals surface area (Å²) in [5.74, 6) is -0.189. The molecule has 0 aliphatic heterocycles. The Kier molecular flexibility index (Phi) is 3.83. The lowest BCUT2D eigenvalue weighted by atomic mass is 10.1. The van der Waals surface area contributed by atoms with Crippen LogP contribution in [0.5, 0.6) is 0 Å². The fourth-order valence-electron chi connectivity index (χ4n) is 0.996. The molecular weight excluding hydrogens is 324 g/mol. The van der Waals surface area contributed by atoms with Gasteiger partial charge in [-0.25, -0.2) is 8.78 Å². The maximum Gasteiger partial charge on any atom is 0.266 e. The highest BCUT2D eigenvalue weighted by atomic mass is 127. The van der Waals surface area contributed by atoms with Crippen LogP contribution in [0.3, 0.4) is 0 Å². The van der Waals surface area contributed by atoms with Crippen molar-refractivity contribution < 1.29 is 13.6 Å². The van der Waals surface area contributed by atoms with Crippen molar-refractivity contribution in [2.24, 2.45) is 0 Å². The number of carbonyl (C=O) groups is 1. The molecule has 0 saturated carbocycles. The van der Waals surface area contributed by atoms with Crippen molar-refractivity contribution in [3.05, 3.63) is 31.9 Å². The number of halogens is 4. The second kappa shape index (κ2) is 4.53. The van der Waals surface area contributed by atoms with E-state index in [-0.39, 0.29) is 16.4 Å². The third-order valence-electron chi connectivity index (χ3n) is 1.70. The first kappa shape index (κ1) is 11.8. The lowest BCUT2D eigenvalue weighted by Crippen LogP contribution is -1.98. The Morgan fingerprint density at radius 2 is 2.07 bits per heavy atom. The maximum absolute atomic E-state index is 12.4. The molecule has 0 heterocycles. The van der Waals surface area contributed by atoms with Gasteiger partial charge >= 0.3 is 0 Å². The predicted molar refractivity (Wildman–Crippen MR) is 59.1 cm³/mol. The maximum atomic E-state index is 12.4. The predicted octanol–water partition coefficient (Wildman–Crippen LogP) is 4.08. The van der Waals surface area contributed by atoms with Gasteiger partial charge in [-0.3, -0.25) is 4.79 Å². The van der Waals surface area contributed by atoms with Crippen LogP contribution >= 0.6 is 34.2 Å². The molecule has 1 nitrogen and oxygen atoms in total. The van der Waals surface area contributed by atoms with Crippen molar-refractivity contribution >= 4 is 40.0 Å². The van der Waals surface area contributed by atoms with Crippen LogP contribution in [0.1, 0.15) is 29.3 Å². The van der Waals surface area contributed by atoms with Gasteiger partial charge in [0.25, 0.3) is 6.43 Å². The molecule has 1 rings (SSSR count). The van der Waals surface area contributed by atoms with E-state index in [4.69, 9.17) is 11.6 Å². The van der Waals surface area contributed by atoms with Crippen LogP contribution < -0.4 is 0 Å². The molecule has 5 heteroatoms. The zero-order valence-corrected chi connectivity index (χ0v) is 10.1. The van der Waals surface area contributed by atoms with E-state index in [9.17, 15) is 13.6 Å². The van der Waals surface area contributed by atoms with E-state index in [1.807, 2.05) is 0 Å². The Morgan fingerprint density at radius 1 is 1.50 bits per heavy atom. The van der Waals surface area contributed by atoms with Crippen LogP contribution in [0, 0.1) is 3.57 Å². The molecule has 0 spiro atoms. The topological polar surface area (TPSA) is 17.1 Å². The van der Waals surface area contributed by atoms with Gasteiger partial charge in [0.1, 0.15) is 0 Å². The highest BCUT2D eigenvalue weighted by Gasteiger charge is 2.17. The smallest absolute Gasteiger partial charge is 0.266 e. The number of rotatable bonds is 2. The molecule has 1 aromatic carbocycles. The highest BCUT2D eigenvalue weighted by molar-refractivity contribution is 14.1. The molecule has 0 radical (unpaired) electrons. The quantitative estimate of drug-likeness (QED) is 0.590. The Morgan fingerprint density at radius 3 is 2.43 bits per heavy atom. The summed E-state index contributed by atoms with van der Waals surface area (Å²) in [7, 11) is 0.